The number of benzene rings is 2. The molecule has 2 aromatic rings. The van der Waals surface area contributed by atoms with Gasteiger partial charge in [-0.05, 0) is 50.1 Å². The molecule has 2 rings (SSSR count). The molecule has 0 bridgehead atoms. The van der Waals surface area contributed by atoms with Crippen molar-refractivity contribution in [1.29, 1.82) is 5.26 Å². The van der Waals surface area contributed by atoms with E-state index in [2.05, 4.69) is 37.2 Å². The van der Waals surface area contributed by atoms with Gasteiger partial charge in [-0.25, -0.2) is 8.78 Å². The third-order valence-electron chi connectivity index (χ3n) is 2.71. The average molecular weight is 418 g/mol. The number of hydrogen-bond donors (Lipinski definition) is 1. The van der Waals surface area contributed by atoms with Gasteiger partial charge in [-0.2, -0.15) is 5.26 Å². The Balaban J connectivity index is 2.44. The van der Waals surface area contributed by atoms with Gasteiger partial charge in [0.1, 0.15) is 11.8 Å². The fourth-order valence-electron chi connectivity index (χ4n) is 1.66. The summed E-state index contributed by atoms with van der Waals surface area (Å²) in [7, 11) is 1.50. The first-order valence-corrected chi connectivity index (χ1v) is 7.24. The van der Waals surface area contributed by atoms with Crippen LogP contribution in [0.3, 0.4) is 0 Å². The largest absolute Gasteiger partial charge is 0.495 e. The van der Waals surface area contributed by atoms with Gasteiger partial charge < -0.3 is 10.1 Å². The standard InChI is InChI=1S/C14H8Br2F2N2O/c1-21-12-5-11(8(15)4-9(12)16)20-10-3-2-7(6-19)13(17)14(10)18/h2-5,20H,1H3. The summed E-state index contributed by atoms with van der Waals surface area (Å²) in [6, 6.07) is 7.45. The van der Waals surface area contributed by atoms with Gasteiger partial charge in [0, 0.05) is 10.5 Å². The molecule has 0 aliphatic carbocycles. The Morgan fingerprint density at radius 3 is 2.43 bits per heavy atom. The van der Waals surface area contributed by atoms with Crippen LogP contribution in [0.5, 0.6) is 5.75 Å². The van der Waals surface area contributed by atoms with Crippen LogP contribution in [0.1, 0.15) is 5.56 Å². The third kappa shape index (κ3) is 3.17. The van der Waals surface area contributed by atoms with Gasteiger partial charge in [-0.15, -0.1) is 0 Å². The predicted molar refractivity (Wildman–Crippen MR) is 82.7 cm³/mol. The predicted octanol–water partition coefficient (Wildman–Crippen LogP) is 5.11. The summed E-state index contributed by atoms with van der Waals surface area (Å²) < 4.78 is 34.0. The maximum Gasteiger partial charge on any atom is 0.183 e. The second-order valence-corrected chi connectivity index (χ2v) is 5.70. The zero-order chi connectivity index (χ0) is 15.6. The highest BCUT2D eigenvalue weighted by molar-refractivity contribution is 9.11. The molecule has 0 heterocycles. The number of anilines is 2. The Morgan fingerprint density at radius 1 is 1.10 bits per heavy atom. The first-order chi connectivity index (χ1) is 9.97. The number of ether oxygens (including phenoxy) is 1. The van der Waals surface area contributed by atoms with Crippen LogP contribution in [0, 0.1) is 23.0 Å². The lowest BCUT2D eigenvalue weighted by molar-refractivity contribution is 0.412. The van der Waals surface area contributed by atoms with Crippen molar-refractivity contribution in [3.63, 3.8) is 0 Å². The molecular weight excluding hydrogens is 410 g/mol. The Kier molecular flexibility index (Phi) is 4.80. The number of nitrogens with zero attached hydrogens (tertiary/aromatic N) is 1. The minimum absolute atomic E-state index is 0.0726. The number of nitrogens with one attached hydrogen (secondary N) is 1. The number of rotatable bonds is 3. The summed E-state index contributed by atoms with van der Waals surface area (Å²) in [6.45, 7) is 0. The molecule has 0 fully saturated rings. The van der Waals surface area contributed by atoms with E-state index >= 15 is 0 Å². The third-order valence-corrected chi connectivity index (χ3v) is 3.99. The van der Waals surface area contributed by atoms with Gasteiger partial charge in [0.2, 0.25) is 0 Å². The van der Waals surface area contributed by atoms with E-state index in [0.717, 1.165) is 0 Å². The van der Waals surface area contributed by atoms with E-state index in [1.165, 1.54) is 19.2 Å². The number of nitriles is 1. The van der Waals surface area contributed by atoms with Crippen molar-refractivity contribution in [3.05, 3.63) is 50.4 Å². The smallest absolute Gasteiger partial charge is 0.183 e. The van der Waals surface area contributed by atoms with Crippen molar-refractivity contribution in [2.75, 3.05) is 12.4 Å². The van der Waals surface area contributed by atoms with Gasteiger partial charge in [-0.3, -0.25) is 0 Å². The second-order valence-electron chi connectivity index (χ2n) is 3.99. The summed E-state index contributed by atoms with van der Waals surface area (Å²) >= 11 is 6.64. The highest BCUT2D eigenvalue weighted by Gasteiger charge is 2.15. The van der Waals surface area contributed by atoms with Crippen LogP contribution in [-0.2, 0) is 0 Å². The fourth-order valence-corrected chi connectivity index (χ4v) is 2.91. The summed E-state index contributed by atoms with van der Waals surface area (Å²) in [5, 5.41) is 11.4. The van der Waals surface area contributed by atoms with Crippen LogP contribution in [0.25, 0.3) is 0 Å². The van der Waals surface area contributed by atoms with E-state index in [0.29, 0.717) is 20.4 Å². The van der Waals surface area contributed by atoms with E-state index in [4.69, 9.17) is 10.00 Å². The van der Waals surface area contributed by atoms with Crippen molar-refractivity contribution in [2.24, 2.45) is 0 Å². The van der Waals surface area contributed by atoms with Gasteiger partial charge >= 0.3 is 0 Å². The molecule has 2 aromatic carbocycles. The van der Waals surface area contributed by atoms with E-state index in [1.54, 1.807) is 18.2 Å². The Hall–Kier alpha value is -1.65. The lowest BCUT2D eigenvalue weighted by Gasteiger charge is -2.13. The molecule has 0 atom stereocenters. The second kappa shape index (κ2) is 6.41. The van der Waals surface area contributed by atoms with E-state index in [1.807, 2.05) is 0 Å². The Bertz CT molecular complexity index is 745. The normalized spacial score (nSPS) is 10.1. The topological polar surface area (TPSA) is 45.0 Å². The van der Waals surface area contributed by atoms with Crippen LogP contribution >= 0.6 is 31.9 Å². The molecule has 0 amide bonds. The van der Waals surface area contributed by atoms with Crippen molar-refractivity contribution < 1.29 is 13.5 Å². The molecule has 3 nitrogen and oxygen atoms in total. The van der Waals surface area contributed by atoms with Crippen LogP contribution in [0.15, 0.2) is 33.2 Å². The molecule has 21 heavy (non-hydrogen) atoms. The zero-order valence-corrected chi connectivity index (χ0v) is 13.8. The molecule has 0 aromatic heterocycles. The van der Waals surface area contributed by atoms with E-state index < -0.39 is 11.6 Å². The maximum absolute atomic E-state index is 13.9. The SMILES string of the molecule is COc1cc(Nc2ccc(C#N)c(F)c2F)c(Br)cc1Br. The number of methoxy groups -OCH3 is 1. The first-order valence-electron chi connectivity index (χ1n) is 5.66. The van der Waals surface area contributed by atoms with Crippen LogP contribution in [0.4, 0.5) is 20.2 Å². The first kappa shape index (κ1) is 15.7. The molecule has 0 saturated carbocycles. The lowest BCUT2D eigenvalue weighted by atomic mass is 10.2. The molecule has 0 spiro atoms. The molecule has 108 valence electrons. The highest BCUT2D eigenvalue weighted by atomic mass is 79.9. The summed E-state index contributed by atoms with van der Waals surface area (Å²) in [6.07, 6.45) is 0. The molecule has 1 N–H and O–H groups in total. The number of hydrogen-bond acceptors (Lipinski definition) is 3. The van der Waals surface area contributed by atoms with Crippen molar-refractivity contribution in [3.8, 4) is 11.8 Å². The van der Waals surface area contributed by atoms with Crippen LogP contribution in [-0.4, -0.2) is 7.11 Å². The van der Waals surface area contributed by atoms with Gasteiger partial charge in [0.25, 0.3) is 0 Å². The molecule has 7 heteroatoms. The highest BCUT2D eigenvalue weighted by Crippen LogP contribution is 2.36. The van der Waals surface area contributed by atoms with Crippen molar-refractivity contribution >= 4 is 43.2 Å². The minimum Gasteiger partial charge on any atom is -0.495 e. The van der Waals surface area contributed by atoms with Gasteiger partial charge in [0.15, 0.2) is 11.6 Å². The van der Waals surface area contributed by atoms with Gasteiger partial charge in [-0.1, -0.05) is 0 Å². The number of halogens is 4. The summed E-state index contributed by atoms with van der Waals surface area (Å²) in [4.78, 5) is 0. The summed E-state index contributed by atoms with van der Waals surface area (Å²) in [5.74, 6) is -1.75. The molecule has 0 aliphatic heterocycles. The molecular formula is C14H8Br2F2N2O. The van der Waals surface area contributed by atoms with Crippen LogP contribution < -0.4 is 10.1 Å². The molecule has 0 saturated heterocycles. The Labute approximate surface area is 136 Å². The maximum atomic E-state index is 13.9. The van der Waals surface area contributed by atoms with Crippen LogP contribution in [0.2, 0.25) is 0 Å². The van der Waals surface area contributed by atoms with E-state index in [-0.39, 0.29) is 11.3 Å². The zero-order valence-electron chi connectivity index (χ0n) is 10.7. The van der Waals surface area contributed by atoms with Gasteiger partial charge in [0.05, 0.1) is 28.5 Å². The summed E-state index contributed by atoms with van der Waals surface area (Å²) in [5.41, 5.74) is 0.0835. The minimum atomic E-state index is -1.18. The molecule has 0 radical (unpaired) electrons. The lowest BCUT2D eigenvalue weighted by Crippen LogP contribution is -2.00. The monoisotopic (exact) mass is 416 g/mol. The van der Waals surface area contributed by atoms with E-state index in [9.17, 15) is 8.78 Å². The van der Waals surface area contributed by atoms with Crippen molar-refractivity contribution in [1.82, 2.24) is 0 Å². The average Bonchev–Trinajstić information content (AvgIpc) is 2.46. The Morgan fingerprint density at radius 2 is 1.81 bits per heavy atom. The van der Waals surface area contributed by atoms with Crippen molar-refractivity contribution in [2.45, 2.75) is 0 Å². The fraction of sp³-hybridized carbons (Fsp3) is 0.0714. The quantitative estimate of drug-likeness (QED) is 0.754. The molecule has 0 aliphatic rings. The molecule has 0 unspecified atom stereocenters.